The number of halogens is 1. The summed E-state index contributed by atoms with van der Waals surface area (Å²) in [6.45, 7) is 2.07. The van der Waals surface area contributed by atoms with Gasteiger partial charge in [0.2, 0.25) is 17.7 Å². The van der Waals surface area contributed by atoms with E-state index in [0.717, 1.165) is 10.0 Å². The van der Waals surface area contributed by atoms with Gasteiger partial charge in [0.05, 0.1) is 17.9 Å². The largest absolute Gasteiger partial charge is 0.350 e. The van der Waals surface area contributed by atoms with E-state index in [9.17, 15) is 14.4 Å². The molecule has 0 radical (unpaired) electrons. The third-order valence-corrected chi connectivity index (χ3v) is 5.44. The minimum Gasteiger partial charge on any atom is -0.350 e. The zero-order valence-electron chi connectivity index (χ0n) is 14.1. The number of nitrogens with zero attached hydrogens (tertiary/aromatic N) is 1. The quantitative estimate of drug-likeness (QED) is 0.605. The van der Waals surface area contributed by atoms with Gasteiger partial charge < -0.3 is 5.32 Å². The van der Waals surface area contributed by atoms with Gasteiger partial charge in [-0.25, -0.2) is 0 Å². The van der Waals surface area contributed by atoms with Crippen LogP contribution >= 0.6 is 15.9 Å². The van der Waals surface area contributed by atoms with E-state index in [1.807, 2.05) is 43.3 Å². The molecule has 0 saturated carbocycles. The molecule has 1 aliphatic carbocycles. The fraction of sp³-hybridized carbons (Fsp3) is 0.421. The number of likely N-dealkylation sites (tertiary alicyclic amines) is 1. The first-order valence-electron chi connectivity index (χ1n) is 8.52. The molecule has 0 bridgehead atoms. The minimum absolute atomic E-state index is 0.127. The molecule has 5 nitrogen and oxygen atoms in total. The molecular formula is C19H21BrN2O3. The monoisotopic (exact) mass is 404 g/mol. The number of carbonyl (C=O) groups is 3. The summed E-state index contributed by atoms with van der Waals surface area (Å²) in [6, 6.07) is 7.61. The number of rotatable bonds is 5. The van der Waals surface area contributed by atoms with Crippen LogP contribution in [0, 0.1) is 11.8 Å². The Morgan fingerprint density at radius 2 is 1.72 bits per heavy atom. The Morgan fingerprint density at radius 1 is 1.16 bits per heavy atom. The van der Waals surface area contributed by atoms with E-state index in [-0.39, 0.29) is 48.6 Å². The van der Waals surface area contributed by atoms with E-state index in [4.69, 9.17) is 0 Å². The SMILES string of the molecule is C[C@@H](NC(=O)CCN1C(=O)[C@H]2CC=CC[C@H]2C1=O)c1ccc(Br)cc1. The van der Waals surface area contributed by atoms with Crippen molar-refractivity contribution in [3.05, 3.63) is 46.5 Å². The molecule has 0 aromatic heterocycles. The molecule has 2 aliphatic rings. The molecule has 1 N–H and O–H groups in total. The highest BCUT2D eigenvalue weighted by atomic mass is 79.9. The molecule has 3 rings (SSSR count). The lowest BCUT2D eigenvalue weighted by Gasteiger charge is -2.17. The maximum atomic E-state index is 12.4. The van der Waals surface area contributed by atoms with Gasteiger partial charge >= 0.3 is 0 Å². The van der Waals surface area contributed by atoms with Gasteiger partial charge in [-0.1, -0.05) is 40.2 Å². The van der Waals surface area contributed by atoms with Gasteiger partial charge in [-0.15, -0.1) is 0 Å². The molecule has 6 heteroatoms. The van der Waals surface area contributed by atoms with Crippen molar-refractivity contribution in [3.8, 4) is 0 Å². The Labute approximate surface area is 155 Å². The molecule has 1 fully saturated rings. The summed E-state index contributed by atoms with van der Waals surface area (Å²) in [4.78, 5) is 38.2. The topological polar surface area (TPSA) is 66.5 Å². The lowest BCUT2D eigenvalue weighted by molar-refractivity contribution is -0.140. The van der Waals surface area contributed by atoms with E-state index < -0.39 is 0 Å². The number of carbonyl (C=O) groups excluding carboxylic acids is 3. The Bertz CT molecular complexity index is 688. The molecule has 0 unspecified atom stereocenters. The van der Waals surface area contributed by atoms with Gasteiger partial charge in [0.25, 0.3) is 0 Å². The zero-order valence-corrected chi connectivity index (χ0v) is 15.7. The molecule has 132 valence electrons. The van der Waals surface area contributed by atoms with E-state index >= 15 is 0 Å². The maximum absolute atomic E-state index is 12.4. The molecule has 1 saturated heterocycles. The number of hydrogen-bond acceptors (Lipinski definition) is 3. The summed E-state index contributed by atoms with van der Waals surface area (Å²) in [5, 5.41) is 2.92. The fourth-order valence-electron chi connectivity index (χ4n) is 3.45. The lowest BCUT2D eigenvalue weighted by Crippen LogP contribution is -2.36. The number of imide groups is 1. The van der Waals surface area contributed by atoms with E-state index in [1.54, 1.807) is 0 Å². The molecule has 25 heavy (non-hydrogen) atoms. The van der Waals surface area contributed by atoms with Crippen molar-refractivity contribution in [1.29, 1.82) is 0 Å². The van der Waals surface area contributed by atoms with Crippen LogP contribution in [0.2, 0.25) is 0 Å². The van der Waals surface area contributed by atoms with E-state index in [1.165, 1.54) is 4.90 Å². The predicted octanol–water partition coefficient (Wildman–Crippen LogP) is 2.97. The Balaban J connectivity index is 1.53. The van der Waals surface area contributed by atoms with Gasteiger partial charge in [-0.2, -0.15) is 0 Å². The van der Waals surface area contributed by atoms with Gasteiger partial charge in [0.1, 0.15) is 0 Å². The van der Waals surface area contributed by atoms with Crippen LogP contribution < -0.4 is 5.32 Å². The van der Waals surface area contributed by atoms with Crippen molar-refractivity contribution < 1.29 is 14.4 Å². The molecule has 1 aliphatic heterocycles. The number of fused-ring (bicyclic) bond motifs is 1. The lowest BCUT2D eigenvalue weighted by atomic mass is 9.85. The standard InChI is InChI=1S/C19H21BrN2O3/c1-12(13-6-8-14(20)9-7-13)21-17(23)10-11-22-18(24)15-4-2-3-5-16(15)19(22)25/h2-3,6-9,12,15-16H,4-5,10-11H2,1H3,(H,21,23)/t12-,15-,16+/m1/s1. The Morgan fingerprint density at radius 3 is 2.28 bits per heavy atom. The molecule has 1 aromatic carbocycles. The molecular weight excluding hydrogens is 384 g/mol. The summed E-state index contributed by atoms with van der Waals surface area (Å²) < 4.78 is 0.983. The highest BCUT2D eigenvalue weighted by Crippen LogP contribution is 2.35. The van der Waals surface area contributed by atoms with Crippen LogP contribution in [0.5, 0.6) is 0 Å². The molecule has 0 spiro atoms. The van der Waals surface area contributed by atoms with Gasteiger partial charge in [0.15, 0.2) is 0 Å². The molecule has 1 heterocycles. The summed E-state index contributed by atoms with van der Waals surface area (Å²) in [7, 11) is 0. The van der Waals surface area contributed by atoms with Crippen molar-refractivity contribution in [3.63, 3.8) is 0 Å². The highest BCUT2D eigenvalue weighted by Gasteiger charge is 2.46. The third kappa shape index (κ3) is 3.84. The van der Waals surface area contributed by atoms with Crippen LogP contribution in [-0.4, -0.2) is 29.2 Å². The van der Waals surface area contributed by atoms with Gasteiger partial charge in [-0.05, 0) is 37.5 Å². The fourth-order valence-corrected chi connectivity index (χ4v) is 3.72. The van der Waals surface area contributed by atoms with Crippen molar-refractivity contribution in [1.82, 2.24) is 10.2 Å². The summed E-state index contributed by atoms with van der Waals surface area (Å²) >= 11 is 3.38. The summed E-state index contributed by atoms with van der Waals surface area (Å²) in [5.41, 5.74) is 1.00. The van der Waals surface area contributed by atoms with Crippen LogP contribution in [0.1, 0.15) is 37.8 Å². The Kier molecular flexibility index (Phi) is 5.37. The summed E-state index contributed by atoms with van der Waals surface area (Å²) in [5.74, 6) is -0.894. The number of amides is 3. The smallest absolute Gasteiger partial charge is 0.233 e. The normalized spacial score (nSPS) is 23.5. The number of nitrogens with one attached hydrogen (secondary N) is 1. The first kappa shape index (κ1) is 17.9. The predicted molar refractivity (Wildman–Crippen MR) is 97.4 cm³/mol. The van der Waals surface area contributed by atoms with Crippen molar-refractivity contribution in [2.24, 2.45) is 11.8 Å². The van der Waals surface area contributed by atoms with Crippen molar-refractivity contribution in [2.45, 2.75) is 32.2 Å². The van der Waals surface area contributed by atoms with Crippen LogP contribution in [0.4, 0.5) is 0 Å². The van der Waals surface area contributed by atoms with Crippen LogP contribution in [0.25, 0.3) is 0 Å². The number of hydrogen-bond donors (Lipinski definition) is 1. The van der Waals surface area contributed by atoms with Crippen molar-refractivity contribution >= 4 is 33.7 Å². The highest BCUT2D eigenvalue weighted by molar-refractivity contribution is 9.10. The number of allylic oxidation sites excluding steroid dienone is 2. The van der Waals surface area contributed by atoms with Gasteiger partial charge in [0, 0.05) is 17.4 Å². The van der Waals surface area contributed by atoms with Crippen LogP contribution in [-0.2, 0) is 14.4 Å². The first-order chi connectivity index (χ1) is 12.0. The third-order valence-electron chi connectivity index (χ3n) is 4.91. The molecule has 3 atom stereocenters. The van der Waals surface area contributed by atoms with E-state index in [2.05, 4.69) is 21.2 Å². The molecule has 1 aromatic rings. The average Bonchev–Trinajstić information content (AvgIpc) is 2.85. The zero-order chi connectivity index (χ0) is 18.0. The van der Waals surface area contributed by atoms with Crippen molar-refractivity contribution in [2.75, 3.05) is 6.54 Å². The summed E-state index contributed by atoms with van der Waals surface area (Å²) in [6.07, 6.45) is 5.30. The van der Waals surface area contributed by atoms with Crippen LogP contribution in [0.3, 0.4) is 0 Å². The second-order valence-corrected chi connectivity index (χ2v) is 7.49. The second kappa shape index (κ2) is 7.52. The first-order valence-corrected chi connectivity index (χ1v) is 9.31. The van der Waals surface area contributed by atoms with Crippen LogP contribution in [0.15, 0.2) is 40.9 Å². The average molecular weight is 405 g/mol. The van der Waals surface area contributed by atoms with Gasteiger partial charge in [-0.3, -0.25) is 19.3 Å². The molecule has 3 amide bonds. The maximum Gasteiger partial charge on any atom is 0.233 e. The second-order valence-electron chi connectivity index (χ2n) is 6.57. The minimum atomic E-state index is -0.234. The number of benzene rings is 1. The Hall–Kier alpha value is -1.95. The van der Waals surface area contributed by atoms with E-state index in [0.29, 0.717) is 12.8 Å².